The van der Waals surface area contributed by atoms with Gasteiger partial charge >= 0.3 is 0 Å². The Kier molecular flexibility index (Phi) is 4.89. The van der Waals surface area contributed by atoms with E-state index in [0.29, 0.717) is 5.69 Å². The van der Waals surface area contributed by atoms with E-state index in [1.807, 2.05) is 30.3 Å². The highest BCUT2D eigenvalue weighted by Gasteiger charge is 2.20. The summed E-state index contributed by atoms with van der Waals surface area (Å²) in [6.45, 7) is 0. The van der Waals surface area contributed by atoms with Crippen LogP contribution in [0.3, 0.4) is 0 Å². The van der Waals surface area contributed by atoms with Gasteiger partial charge in [-0.3, -0.25) is 15.5 Å². The maximum atomic E-state index is 12.2. The first-order chi connectivity index (χ1) is 11.2. The minimum absolute atomic E-state index is 0.0186. The van der Waals surface area contributed by atoms with Crippen LogP contribution in [0.15, 0.2) is 53.4 Å². The van der Waals surface area contributed by atoms with Gasteiger partial charge in [0.25, 0.3) is 5.91 Å². The van der Waals surface area contributed by atoms with Gasteiger partial charge in [-0.1, -0.05) is 18.2 Å². The van der Waals surface area contributed by atoms with Gasteiger partial charge in [-0.2, -0.15) is 0 Å². The first kappa shape index (κ1) is 17.5. The molecule has 0 aliphatic rings. The van der Waals surface area contributed by atoms with Crippen molar-refractivity contribution in [2.45, 2.75) is 4.90 Å². The Morgan fingerprint density at radius 1 is 1.17 bits per heavy atom. The summed E-state index contributed by atoms with van der Waals surface area (Å²) < 4.78 is 24.3. The minimum Gasteiger partial charge on any atom is -0.370 e. The standard InChI is InChI=1S/C16H18N4O3S/c1-20(12-6-4-3-5-7-12)13-9-8-11(15(21)19-16(17)18)10-14(13)24(2,22)23/h3-10H,1-2H3,(H4,17,18,19,21). The lowest BCUT2D eigenvalue weighted by Crippen LogP contribution is -2.35. The Morgan fingerprint density at radius 3 is 2.33 bits per heavy atom. The van der Waals surface area contributed by atoms with E-state index < -0.39 is 21.7 Å². The van der Waals surface area contributed by atoms with E-state index in [9.17, 15) is 13.2 Å². The molecule has 2 aromatic carbocycles. The number of carbonyl (C=O) groups is 1. The summed E-state index contributed by atoms with van der Waals surface area (Å²) in [5.74, 6) is -1.15. The lowest BCUT2D eigenvalue weighted by molar-refractivity contribution is 0.0976. The molecule has 2 rings (SSSR count). The summed E-state index contributed by atoms with van der Waals surface area (Å²) in [5, 5.41) is 9.22. The molecule has 0 unspecified atom stereocenters. The Morgan fingerprint density at radius 2 is 1.79 bits per heavy atom. The summed E-state index contributed by atoms with van der Waals surface area (Å²) in [6, 6.07) is 13.6. The maximum Gasteiger partial charge on any atom is 0.257 e. The molecule has 0 radical (unpaired) electrons. The summed E-state index contributed by atoms with van der Waals surface area (Å²) in [7, 11) is -1.83. The molecule has 0 heterocycles. The molecular weight excluding hydrogens is 328 g/mol. The number of nitrogens with two attached hydrogens (primary N) is 1. The van der Waals surface area contributed by atoms with Crippen LogP contribution in [0.5, 0.6) is 0 Å². The molecule has 0 aliphatic carbocycles. The number of benzene rings is 2. The van der Waals surface area contributed by atoms with Gasteiger partial charge in [-0.25, -0.2) is 8.42 Å². The van der Waals surface area contributed by atoms with Gasteiger partial charge in [0.05, 0.1) is 10.6 Å². The molecule has 0 atom stereocenters. The monoisotopic (exact) mass is 346 g/mol. The van der Waals surface area contributed by atoms with Gasteiger partial charge < -0.3 is 10.6 Å². The highest BCUT2D eigenvalue weighted by molar-refractivity contribution is 7.90. The molecule has 0 fully saturated rings. The number of nitrogens with zero attached hydrogens (tertiary/aromatic N) is 1. The van der Waals surface area contributed by atoms with Crippen molar-refractivity contribution in [3.8, 4) is 0 Å². The van der Waals surface area contributed by atoms with Crippen molar-refractivity contribution in [3.05, 3.63) is 54.1 Å². The number of hydrogen-bond acceptors (Lipinski definition) is 5. The van der Waals surface area contributed by atoms with Crippen LogP contribution in [-0.4, -0.2) is 33.6 Å². The zero-order chi connectivity index (χ0) is 17.9. The topological polar surface area (TPSA) is 116 Å². The fourth-order valence-electron chi connectivity index (χ4n) is 2.21. The average Bonchev–Trinajstić information content (AvgIpc) is 2.53. The van der Waals surface area contributed by atoms with Crippen molar-refractivity contribution in [2.75, 3.05) is 18.2 Å². The third-order valence-electron chi connectivity index (χ3n) is 3.37. The molecule has 0 spiro atoms. The van der Waals surface area contributed by atoms with E-state index in [0.717, 1.165) is 11.9 Å². The first-order valence-electron chi connectivity index (χ1n) is 6.98. The van der Waals surface area contributed by atoms with E-state index in [4.69, 9.17) is 11.1 Å². The largest absolute Gasteiger partial charge is 0.370 e. The Bertz CT molecular complexity index is 879. The number of rotatable bonds is 4. The number of guanidine groups is 1. The number of carbonyl (C=O) groups excluding carboxylic acids is 1. The molecule has 0 saturated carbocycles. The average molecular weight is 346 g/mol. The maximum absolute atomic E-state index is 12.2. The molecular formula is C16H18N4O3S. The summed E-state index contributed by atoms with van der Waals surface area (Å²) >= 11 is 0. The number of anilines is 2. The van der Waals surface area contributed by atoms with Gasteiger partial charge in [-0.15, -0.1) is 0 Å². The van der Waals surface area contributed by atoms with Crippen LogP contribution in [-0.2, 0) is 9.84 Å². The van der Waals surface area contributed by atoms with Crippen LogP contribution in [0.25, 0.3) is 0 Å². The molecule has 1 amide bonds. The second-order valence-electron chi connectivity index (χ2n) is 5.22. The van der Waals surface area contributed by atoms with Gasteiger partial charge in [0.1, 0.15) is 0 Å². The Hall–Kier alpha value is -2.87. The highest BCUT2D eigenvalue weighted by Crippen LogP contribution is 2.30. The molecule has 8 heteroatoms. The van der Waals surface area contributed by atoms with Crippen LogP contribution in [0.4, 0.5) is 11.4 Å². The fourth-order valence-corrected chi connectivity index (χ4v) is 3.14. The quantitative estimate of drug-likeness (QED) is 0.573. The number of nitrogens with one attached hydrogen (secondary N) is 2. The van der Waals surface area contributed by atoms with Crippen molar-refractivity contribution < 1.29 is 13.2 Å². The summed E-state index contributed by atoms with van der Waals surface area (Å²) in [4.78, 5) is 13.7. The zero-order valence-corrected chi connectivity index (χ0v) is 14.1. The molecule has 0 aromatic heterocycles. The van der Waals surface area contributed by atoms with Gasteiger partial charge in [-0.05, 0) is 30.3 Å². The van der Waals surface area contributed by atoms with Gasteiger partial charge in [0, 0.05) is 24.6 Å². The second-order valence-corrected chi connectivity index (χ2v) is 7.20. The number of amides is 1. The van der Waals surface area contributed by atoms with Crippen molar-refractivity contribution in [1.29, 1.82) is 5.41 Å². The van der Waals surface area contributed by atoms with E-state index in [1.165, 1.54) is 12.1 Å². The third-order valence-corrected chi connectivity index (χ3v) is 4.50. The smallest absolute Gasteiger partial charge is 0.257 e. The van der Waals surface area contributed by atoms with Crippen molar-refractivity contribution in [2.24, 2.45) is 5.73 Å². The van der Waals surface area contributed by atoms with E-state index >= 15 is 0 Å². The minimum atomic E-state index is -3.58. The number of sulfone groups is 1. The Balaban J connectivity index is 2.53. The predicted molar refractivity (Wildman–Crippen MR) is 93.4 cm³/mol. The molecule has 0 aliphatic heterocycles. The first-order valence-corrected chi connectivity index (χ1v) is 8.87. The molecule has 24 heavy (non-hydrogen) atoms. The SMILES string of the molecule is CN(c1ccccc1)c1ccc(C(=O)NC(=N)N)cc1S(C)(=O)=O. The summed E-state index contributed by atoms with van der Waals surface area (Å²) in [6.07, 6.45) is 1.08. The molecule has 4 N–H and O–H groups in total. The highest BCUT2D eigenvalue weighted by atomic mass is 32.2. The molecule has 2 aromatic rings. The van der Waals surface area contributed by atoms with E-state index in [1.54, 1.807) is 18.0 Å². The second kappa shape index (κ2) is 6.71. The Labute approximate surface area is 140 Å². The van der Waals surface area contributed by atoms with Crippen molar-refractivity contribution in [1.82, 2.24) is 5.32 Å². The molecule has 126 valence electrons. The van der Waals surface area contributed by atoms with Crippen LogP contribution >= 0.6 is 0 Å². The lowest BCUT2D eigenvalue weighted by Gasteiger charge is -2.22. The van der Waals surface area contributed by atoms with Gasteiger partial charge in [0.15, 0.2) is 15.8 Å². The van der Waals surface area contributed by atoms with Gasteiger partial charge in [0.2, 0.25) is 0 Å². The summed E-state index contributed by atoms with van der Waals surface area (Å²) in [5.41, 5.74) is 6.50. The van der Waals surface area contributed by atoms with Crippen LogP contribution in [0.2, 0.25) is 0 Å². The number of para-hydroxylation sites is 1. The molecule has 0 saturated heterocycles. The third kappa shape index (κ3) is 3.90. The number of hydrogen-bond donors (Lipinski definition) is 3. The molecule has 0 bridgehead atoms. The predicted octanol–water partition coefficient (Wildman–Crippen LogP) is 1.48. The normalized spacial score (nSPS) is 10.9. The fraction of sp³-hybridized carbons (Fsp3) is 0.125. The van der Waals surface area contributed by atoms with Crippen molar-refractivity contribution in [3.63, 3.8) is 0 Å². The lowest BCUT2D eigenvalue weighted by atomic mass is 10.1. The van der Waals surface area contributed by atoms with Crippen LogP contribution in [0, 0.1) is 5.41 Å². The van der Waals surface area contributed by atoms with Crippen LogP contribution in [0.1, 0.15) is 10.4 Å². The molecule has 7 nitrogen and oxygen atoms in total. The van der Waals surface area contributed by atoms with E-state index in [-0.39, 0.29) is 10.5 Å². The van der Waals surface area contributed by atoms with Crippen molar-refractivity contribution >= 4 is 33.1 Å². The van der Waals surface area contributed by atoms with E-state index in [2.05, 4.69) is 5.32 Å². The zero-order valence-electron chi connectivity index (χ0n) is 13.3. The van der Waals surface area contributed by atoms with Crippen LogP contribution < -0.4 is 16.0 Å².